The molecule has 0 atom stereocenters. The van der Waals surface area contributed by atoms with Crippen LogP contribution in [0.15, 0.2) is 18.2 Å². The molecule has 0 radical (unpaired) electrons. The fourth-order valence-electron chi connectivity index (χ4n) is 2.32. The molecule has 2 rings (SSSR count). The normalized spacial score (nSPS) is 16.7. The van der Waals surface area contributed by atoms with Crippen LogP contribution in [0.4, 0.5) is 11.4 Å². The van der Waals surface area contributed by atoms with E-state index in [4.69, 9.17) is 10.5 Å². The Morgan fingerprint density at radius 1 is 1.42 bits per heavy atom. The number of hydrogen-bond acceptors (Lipinski definition) is 4. The minimum atomic E-state index is 0.409. The molecular weight excluding hydrogens is 256 g/mol. The molecule has 3 nitrogen and oxygen atoms in total. The lowest BCUT2D eigenvalue weighted by molar-refractivity contribution is 0.319. The lowest BCUT2D eigenvalue weighted by Gasteiger charge is -2.40. The van der Waals surface area contributed by atoms with E-state index in [-0.39, 0.29) is 0 Å². The highest BCUT2D eigenvalue weighted by Crippen LogP contribution is 2.43. The van der Waals surface area contributed by atoms with Gasteiger partial charge in [0, 0.05) is 11.3 Å². The van der Waals surface area contributed by atoms with Gasteiger partial charge in [-0.25, -0.2) is 0 Å². The van der Waals surface area contributed by atoms with E-state index in [9.17, 15) is 0 Å². The van der Waals surface area contributed by atoms with Crippen molar-refractivity contribution in [1.29, 1.82) is 0 Å². The number of para-hydroxylation sites is 1. The van der Waals surface area contributed by atoms with Gasteiger partial charge in [-0.15, -0.1) is 0 Å². The number of anilines is 2. The summed E-state index contributed by atoms with van der Waals surface area (Å²) >= 11 is 1.97. The molecule has 1 fully saturated rings. The van der Waals surface area contributed by atoms with Crippen molar-refractivity contribution in [2.75, 3.05) is 30.5 Å². The average Bonchev–Trinajstić information content (AvgIpc) is 2.38. The molecule has 0 bridgehead atoms. The van der Waals surface area contributed by atoms with Crippen molar-refractivity contribution >= 4 is 23.1 Å². The number of thioether (sulfide) groups is 1. The zero-order chi connectivity index (χ0) is 13.7. The van der Waals surface area contributed by atoms with Crippen molar-refractivity contribution < 1.29 is 4.74 Å². The van der Waals surface area contributed by atoms with E-state index in [0.29, 0.717) is 11.4 Å². The molecule has 3 N–H and O–H groups in total. The van der Waals surface area contributed by atoms with Gasteiger partial charge in [0.05, 0.1) is 18.0 Å². The first-order valence-electron chi connectivity index (χ1n) is 7.01. The van der Waals surface area contributed by atoms with Gasteiger partial charge >= 0.3 is 0 Å². The number of nitrogens with one attached hydrogen (secondary N) is 1. The number of ether oxygens (including phenoxy) is 1. The van der Waals surface area contributed by atoms with Crippen LogP contribution in [0.3, 0.4) is 0 Å². The van der Waals surface area contributed by atoms with Crippen LogP contribution in [-0.2, 0) is 0 Å². The van der Waals surface area contributed by atoms with Gasteiger partial charge in [-0.3, -0.25) is 0 Å². The highest BCUT2D eigenvalue weighted by atomic mass is 32.2. The van der Waals surface area contributed by atoms with Crippen LogP contribution in [0.2, 0.25) is 0 Å². The van der Waals surface area contributed by atoms with E-state index in [1.54, 1.807) is 0 Å². The SMILES string of the molecule is CCCOc1cccc(NCC2(SC)CCC2)c1N. The van der Waals surface area contributed by atoms with Gasteiger partial charge in [0.15, 0.2) is 0 Å². The average molecular weight is 280 g/mol. The molecule has 0 aliphatic heterocycles. The fraction of sp³-hybridized carbons (Fsp3) is 0.600. The van der Waals surface area contributed by atoms with Gasteiger partial charge in [0.1, 0.15) is 5.75 Å². The number of rotatable bonds is 7. The molecule has 1 aliphatic carbocycles. The van der Waals surface area contributed by atoms with E-state index in [1.807, 2.05) is 30.0 Å². The summed E-state index contributed by atoms with van der Waals surface area (Å²) in [6.07, 6.45) is 7.13. The van der Waals surface area contributed by atoms with Crippen LogP contribution in [0, 0.1) is 0 Å². The highest BCUT2D eigenvalue weighted by Gasteiger charge is 2.35. The summed E-state index contributed by atoms with van der Waals surface area (Å²) in [5, 5.41) is 3.50. The first-order valence-corrected chi connectivity index (χ1v) is 8.23. The molecule has 1 saturated carbocycles. The van der Waals surface area contributed by atoms with Crippen molar-refractivity contribution in [3.05, 3.63) is 18.2 Å². The summed E-state index contributed by atoms with van der Waals surface area (Å²) in [6.45, 7) is 3.79. The summed E-state index contributed by atoms with van der Waals surface area (Å²) in [7, 11) is 0. The maximum Gasteiger partial charge on any atom is 0.144 e. The van der Waals surface area contributed by atoms with Crippen LogP contribution in [0.1, 0.15) is 32.6 Å². The maximum atomic E-state index is 6.16. The monoisotopic (exact) mass is 280 g/mol. The number of benzene rings is 1. The van der Waals surface area contributed by atoms with Gasteiger partial charge < -0.3 is 15.8 Å². The molecule has 1 aromatic carbocycles. The molecule has 0 amide bonds. The van der Waals surface area contributed by atoms with Gasteiger partial charge in [-0.05, 0) is 37.7 Å². The second kappa shape index (κ2) is 6.42. The standard InChI is InChI=1S/C15H24N2OS/c1-3-10-18-13-7-4-6-12(14(13)16)17-11-15(19-2)8-5-9-15/h4,6-7,17H,3,5,8-11,16H2,1-2H3. The summed E-state index contributed by atoms with van der Waals surface area (Å²) in [4.78, 5) is 0. The van der Waals surface area contributed by atoms with Crippen molar-refractivity contribution in [2.45, 2.75) is 37.4 Å². The third-order valence-corrected chi connectivity index (χ3v) is 5.25. The molecule has 0 spiro atoms. The Hall–Kier alpha value is -1.03. The van der Waals surface area contributed by atoms with Gasteiger partial charge in [0.25, 0.3) is 0 Å². The Morgan fingerprint density at radius 2 is 2.21 bits per heavy atom. The van der Waals surface area contributed by atoms with Crippen LogP contribution >= 0.6 is 11.8 Å². The summed E-state index contributed by atoms with van der Waals surface area (Å²) < 4.78 is 6.06. The molecule has 0 saturated heterocycles. The molecule has 4 heteroatoms. The number of nitrogen functional groups attached to an aromatic ring is 1. The van der Waals surface area contributed by atoms with E-state index in [0.717, 1.165) is 30.1 Å². The Labute approximate surface area is 120 Å². The van der Waals surface area contributed by atoms with Crippen LogP contribution in [0.25, 0.3) is 0 Å². The molecule has 0 aromatic heterocycles. The Balaban J connectivity index is 1.99. The maximum absolute atomic E-state index is 6.16. The summed E-state index contributed by atoms with van der Waals surface area (Å²) in [6, 6.07) is 5.96. The number of hydrogen-bond donors (Lipinski definition) is 2. The first kappa shape index (κ1) is 14.4. The zero-order valence-corrected chi connectivity index (χ0v) is 12.7. The third kappa shape index (κ3) is 3.30. The lowest BCUT2D eigenvalue weighted by Crippen LogP contribution is -2.40. The molecule has 106 valence electrons. The van der Waals surface area contributed by atoms with Crippen LogP contribution < -0.4 is 15.8 Å². The summed E-state index contributed by atoms with van der Waals surface area (Å²) in [5.41, 5.74) is 7.88. The summed E-state index contributed by atoms with van der Waals surface area (Å²) in [5.74, 6) is 0.790. The number of nitrogens with two attached hydrogens (primary N) is 1. The van der Waals surface area contributed by atoms with Crippen molar-refractivity contribution in [3.8, 4) is 5.75 Å². The van der Waals surface area contributed by atoms with Gasteiger partial charge in [-0.1, -0.05) is 19.4 Å². The fourth-order valence-corrected chi connectivity index (χ4v) is 3.23. The quantitative estimate of drug-likeness (QED) is 0.747. The molecule has 1 aromatic rings. The molecule has 19 heavy (non-hydrogen) atoms. The second-order valence-electron chi connectivity index (χ2n) is 5.16. The minimum absolute atomic E-state index is 0.409. The zero-order valence-electron chi connectivity index (χ0n) is 11.9. The smallest absolute Gasteiger partial charge is 0.144 e. The molecule has 0 heterocycles. The minimum Gasteiger partial charge on any atom is -0.491 e. The predicted molar refractivity (Wildman–Crippen MR) is 85.2 cm³/mol. The van der Waals surface area contributed by atoms with Gasteiger partial charge in [-0.2, -0.15) is 11.8 Å². The van der Waals surface area contributed by atoms with E-state index < -0.39 is 0 Å². The molecule has 1 aliphatic rings. The van der Waals surface area contributed by atoms with E-state index in [1.165, 1.54) is 19.3 Å². The van der Waals surface area contributed by atoms with Crippen LogP contribution in [-0.4, -0.2) is 24.2 Å². The Morgan fingerprint density at radius 3 is 2.79 bits per heavy atom. The third-order valence-electron chi connectivity index (χ3n) is 3.83. The largest absolute Gasteiger partial charge is 0.491 e. The van der Waals surface area contributed by atoms with Crippen molar-refractivity contribution in [1.82, 2.24) is 0 Å². The Bertz CT molecular complexity index is 413. The molecule has 0 unspecified atom stereocenters. The Kier molecular flexibility index (Phi) is 4.86. The predicted octanol–water partition coefficient (Wildman–Crippen LogP) is 3.76. The second-order valence-corrected chi connectivity index (χ2v) is 6.43. The van der Waals surface area contributed by atoms with Crippen molar-refractivity contribution in [3.63, 3.8) is 0 Å². The highest BCUT2D eigenvalue weighted by molar-refractivity contribution is 8.00. The molecular formula is C15H24N2OS. The first-order chi connectivity index (χ1) is 9.21. The van der Waals surface area contributed by atoms with Crippen LogP contribution in [0.5, 0.6) is 5.75 Å². The van der Waals surface area contributed by atoms with Crippen molar-refractivity contribution in [2.24, 2.45) is 0 Å². The van der Waals surface area contributed by atoms with E-state index in [2.05, 4.69) is 18.5 Å². The lowest BCUT2D eigenvalue weighted by atomic mass is 9.84. The topological polar surface area (TPSA) is 47.3 Å². The van der Waals surface area contributed by atoms with Gasteiger partial charge in [0.2, 0.25) is 0 Å². The van der Waals surface area contributed by atoms with E-state index >= 15 is 0 Å².